The SMILES string of the molecule is Nc1cnoc1-c1c(F)ccc([N+](=O)[O-])c1F. The quantitative estimate of drug-likeness (QED) is 0.641. The first-order valence-electron chi connectivity index (χ1n) is 4.35. The van der Waals surface area contributed by atoms with Crippen LogP contribution in [0.4, 0.5) is 20.2 Å². The zero-order valence-electron chi connectivity index (χ0n) is 8.18. The average molecular weight is 241 g/mol. The number of nitro groups is 1. The molecule has 2 N–H and O–H groups in total. The van der Waals surface area contributed by atoms with E-state index in [4.69, 9.17) is 5.73 Å². The fraction of sp³-hybridized carbons (Fsp3) is 0. The molecule has 0 saturated heterocycles. The van der Waals surface area contributed by atoms with Gasteiger partial charge in [0.2, 0.25) is 5.82 Å². The molecule has 8 heteroatoms. The second-order valence-corrected chi connectivity index (χ2v) is 3.12. The van der Waals surface area contributed by atoms with Crippen molar-refractivity contribution in [3.05, 3.63) is 40.1 Å². The van der Waals surface area contributed by atoms with Gasteiger partial charge in [-0.2, -0.15) is 4.39 Å². The molecule has 1 heterocycles. The summed E-state index contributed by atoms with van der Waals surface area (Å²) >= 11 is 0. The summed E-state index contributed by atoms with van der Waals surface area (Å²) < 4.78 is 31.7. The molecule has 0 atom stereocenters. The molecule has 88 valence electrons. The van der Waals surface area contributed by atoms with Crippen molar-refractivity contribution >= 4 is 11.4 Å². The van der Waals surface area contributed by atoms with E-state index in [1.165, 1.54) is 0 Å². The molecule has 0 saturated carbocycles. The molecule has 17 heavy (non-hydrogen) atoms. The average Bonchev–Trinajstić information content (AvgIpc) is 2.64. The highest BCUT2D eigenvalue weighted by Gasteiger charge is 2.26. The van der Waals surface area contributed by atoms with Gasteiger partial charge < -0.3 is 10.3 Å². The molecule has 0 aliphatic rings. The molecular formula is C9H5F2N3O3. The molecule has 0 bridgehead atoms. The van der Waals surface area contributed by atoms with Crippen LogP contribution in [0.1, 0.15) is 0 Å². The van der Waals surface area contributed by atoms with Crippen LogP contribution in [0.25, 0.3) is 11.3 Å². The van der Waals surface area contributed by atoms with Gasteiger partial charge in [0.25, 0.3) is 0 Å². The standard InChI is InChI=1S/C9H5F2N3O3/c10-4-1-2-6(14(15)16)8(11)7(4)9-5(12)3-13-17-9/h1-3H,12H2. The summed E-state index contributed by atoms with van der Waals surface area (Å²) in [6.45, 7) is 0. The van der Waals surface area contributed by atoms with Crippen LogP contribution in [-0.4, -0.2) is 10.1 Å². The van der Waals surface area contributed by atoms with Crippen molar-refractivity contribution in [3.8, 4) is 11.3 Å². The summed E-state index contributed by atoms with van der Waals surface area (Å²) in [6, 6.07) is 1.49. The minimum atomic E-state index is -1.35. The van der Waals surface area contributed by atoms with Crippen LogP contribution in [0.3, 0.4) is 0 Å². The summed E-state index contributed by atoms with van der Waals surface area (Å²) in [5, 5.41) is 13.8. The lowest BCUT2D eigenvalue weighted by Crippen LogP contribution is -1.98. The van der Waals surface area contributed by atoms with E-state index in [0.29, 0.717) is 0 Å². The van der Waals surface area contributed by atoms with Crippen molar-refractivity contribution in [2.24, 2.45) is 0 Å². The minimum absolute atomic E-state index is 0.108. The summed E-state index contributed by atoms with van der Waals surface area (Å²) in [6.07, 6.45) is 1.05. The van der Waals surface area contributed by atoms with E-state index in [-0.39, 0.29) is 11.4 Å². The largest absolute Gasteiger partial charge is 0.394 e. The van der Waals surface area contributed by atoms with E-state index in [2.05, 4.69) is 9.68 Å². The Morgan fingerprint density at radius 1 is 1.41 bits per heavy atom. The Bertz CT molecular complexity index is 597. The monoisotopic (exact) mass is 241 g/mol. The molecule has 0 radical (unpaired) electrons. The molecule has 0 fully saturated rings. The Morgan fingerprint density at radius 2 is 2.12 bits per heavy atom. The van der Waals surface area contributed by atoms with Gasteiger partial charge in [-0.15, -0.1) is 0 Å². The maximum atomic E-state index is 13.7. The maximum Gasteiger partial charge on any atom is 0.305 e. The number of hydrogen-bond donors (Lipinski definition) is 1. The van der Waals surface area contributed by atoms with Crippen molar-refractivity contribution in [1.29, 1.82) is 0 Å². The number of aromatic nitrogens is 1. The van der Waals surface area contributed by atoms with E-state index in [0.717, 1.165) is 18.3 Å². The number of nitrogen functional groups attached to an aromatic ring is 1. The predicted molar refractivity (Wildman–Crippen MR) is 52.9 cm³/mol. The Hall–Kier alpha value is -2.51. The van der Waals surface area contributed by atoms with Crippen molar-refractivity contribution in [1.82, 2.24) is 5.16 Å². The van der Waals surface area contributed by atoms with Gasteiger partial charge >= 0.3 is 5.69 Å². The van der Waals surface area contributed by atoms with Crippen LogP contribution >= 0.6 is 0 Å². The zero-order chi connectivity index (χ0) is 12.6. The Balaban J connectivity index is 2.73. The maximum absolute atomic E-state index is 13.7. The van der Waals surface area contributed by atoms with E-state index < -0.39 is 27.8 Å². The highest BCUT2D eigenvalue weighted by molar-refractivity contribution is 5.72. The van der Waals surface area contributed by atoms with Gasteiger partial charge in [-0.25, -0.2) is 4.39 Å². The van der Waals surface area contributed by atoms with Crippen molar-refractivity contribution < 1.29 is 18.2 Å². The van der Waals surface area contributed by atoms with Crippen LogP contribution in [0.5, 0.6) is 0 Å². The van der Waals surface area contributed by atoms with E-state index in [1.807, 2.05) is 0 Å². The Kier molecular flexibility index (Phi) is 2.47. The summed E-state index contributed by atoms with van der Waals surface area (Å²) in [5.74, 6) is -2.74. The smallest absolute Gasteiger partial charge is 0.305 e. The van der Waals surface area contributed by atoms with Gasteiger partial charge in [0.1, 0.15) is 17.1 Å². The van der Waals surface area contributed by atoms with Crippen molar-refractivity contribution in [2.75, 3.05) is 5.73 Å². The van der Waals surface area contributed by atoms with Crippen LogP contribution in [0.15, 0.2) is 22.9 Å². The minimum Gasteiger partial charge on any atom is -0.394 e. The summed E-state index contributed by atoms with van der Waals surface area (Å²) in [5.41, 5.74) is 3.71. The predicted octanol–water partition coefficient (Wildman–Crippen LogP) is 2.11. The number of nitro benzene ring substituents is 1. The third-order valence-corrected chi connectivity index (χ3v) is 2.09. The molecule has 1 aromatic carbocycles. The van der Waals surface area contributed by atoms with Crippen LogP contribution in [-0.2, 0) is 0 Å². The molecule has 6 nitrogen and oxygen atoms in total. The summed E-state index contributed by atoms with van der Waals surface area (Å²) in [4.78, 5) is 9.54. The second-order valence-electron chi connectivity index (χ2n) is 3.12. The number of anilines is 1. The fourth-order valence-corrected chi connectivity index (χ4v) is 1.33. The normalized spacial score (nSPS) is 10.5. The second kappa shape index (κ2) is 3.81. The van der Waals surface area contributed by atoms with Gasteiger partial charge in [0.15, 0.2) is 5.76 Å². The van der Waals surface area contributed by atoms with Crippen LogP contribution in [0, 0.1) is 21.7 Å². The van der Waals surface area contributed by atoms with E-state index >= 15 is 0 Å². The highest BCUT2D eigenvalue weighted by Crippen LogP contribution is 2.34. The molecule has 0 aliphatic carbocycles. The Morgan fingerprint density at radius 3 is 2.65 bits per heavy atom. The van der Waals surface area contributed by atoms with Crippen LogP contribution in [0.2, 0.25) is 0 Å². The molecule has 1 aromatic heterocycles. The molecule has 0 aliphatic heterocycles. The van der Waals surface area contributed by atoms with Gasteiger partial charge in [-0.1, -0.05) is 5.16 Å². The molecule has 2 aromatic rings. The molecule has 0 unspecified atom stereocenters. The number of benzene rings is 1. The van der Waals surface area contributed by atoms with Gasteiger partial charge in [-0.3, -0.25) is 10.1 Å². The zero-order valence-corrected chi connectivity index (χ0v) is 8.18. The lowest BCUT2D eigenvalue weighted by molar-refractivity contribution is -0.387. The Labute approximate surface area is 92.8 Å². The number of rotatable bonds is 2. The van der Waals surface area contributed by atoms with Gasteiger partial charge in [-0.05, 0) is 6.07 Å². The molecular weight excluding hydrogens is 236 g/mol. The number of halogens is 2. The highest BCUT2D eigenvalue weighted by atomic mass is 19.1. The lowest BCUT2D eigenvalue weighted by Gasteiger charge is -2.02. The number of nitrogens with two attached hydrogens (primary N) is 1. The first-order chi connectivity index (χ1) is 8.02. The molecule has 0 spiro atoms. The van der Waals surface area contributed by atoms with Gasteiger partial charge in [0.05, 0.1) is 11.1 Å². The van der Waals surface area contributed by atoms with E-state index in [9.17, 15) is 18.9 Å². The summed E-state index contributed by atoms with van der Waals surface area (Å²) in [7, 11) is 0. The van der Waals surface area contributed by atoms with Crippen molar-refractivity contribution in [2.45, 2.75) is 0 Å². The van der Waals surface area contributed by atoms with E-state index in [1.54, 1.807) is 0 Å². The number of nitrogens with zero attached hydrogens (tertiary/aromatic N) is 2. The topological polar surface area (TPSA) is 95.2 Å². The number of hydrogen-bond acceptors (Lipinski definition) is 5. The van der Waals surface area contributed by atoms with Gasteiger partial charge in [0, 0.05) is 6.07 Å². The van der Waals surface area contributed by atoms with Crippen molar-refractivity contribution in [3.63, 3.8) is 0 Å². The molecule has 0 amide bonds. The third kappa shape index (κ3) is 1.69. The third-order valence-electron chi connectivity index (χ3n) is 2.09. The molecule has 2 rings (SSSR count). The fourth-order valence-electron chi connectivity index (χ4n) is 1.33. The van der Waals surface area contributed by atoms with Crippen LogP contribution < -0.4 is 5.73 Å². The lowest BCUT2D eigenvalue weighted by atomic mass is 10.1. The first kappa shape index (κ1) is 11.0. The first-order valence-corrected chi connectivity index (χ1v) is 4.35.